The first kappa shape index (κ1) is 23.7. The molecule has 3 aromatic rings. The monoisotopic (exact) mass is 467 g/mol. The number of esters is 1. The summed E-state index contributed by atoms with van der Waals surface area (Å²) in [4.78, 5) is 31.4. The number of hydrogen-bond donors (Lipinski definition) is 0. The van der Waals surface area contributed by atoms with E-state index in [-0.39, 0.29) is 24.2 Å². The zero-order valence-corrected chi connectivity index (χ0v) is 20.2. The van der Waals surface area contributed by atoms with Gasteiger partial charge in [0.1, 0.15) is 17.2 Å². The van der Waals surface area contributed by atoms with Crippen molar-refractivity contribution < 1.29 is 23.5 Å². The number of aromatic nitrogens is 2. The molecule has 3 heterocycles. The highest BCUT2D eigenvalue weighted by Crippen LogP contribution is 2.35. The first-order valence-electron chi connectivity index (χ1n) is 11.5. The van der Waals surface area contributed by atoms with Gasteiger partial charge < -0.3 is 18.8 Å². The summed E-state index contributed by atoms with van der Waals surface area (Å²) in [5.74, 6) is -0.204. The molecule has 0 saturated carbocycles. The largest absolute Gasteiger partial charge is 0.462 e. The van der Waals surface area contributed by atoms with Crippen LogP contribution in [0.4, 0.5) is 9.18 Å². The van der Waals surface area contributed by atoms with E-state index in [9.17, 15) is 14.0 Å². The molecule has 7 nitrogen and oxygen atoms in total. The summed E-state index contributed by atoms with van der Waals surface area (Å²) in [7, 11) is 0. The lowest BCUT2D eigenvalue weighted by Gasteiger charge is -2.24. The summed E-state index contributed by atoms with van der Waals surface area (Å²) in [5, 5.41) is 0. The number of rotatable bonds is 4. The minimum atomic E-state index is -0.575. The minimum Gasteiger partial charge on any atom is -0.462 e. The van der Waals surface area contributed by atoms with E-state index in [1.54, 1.807) is 24.1 Å². The summed E-state index contributed by atoms with van der Waals surface area (Å²) in [6.45, 7) is 10.5. The third-order valence-electron chi connectivity index (χ3n) is 5.93. The Hall–Kier alpha value is -3.42. The van der Waals surface area contributed by atoms with E-state index in [0.717, 1.165) is 28.9 Å². The average molecular weight is 468 g/mol. The van der Waals surface area contributed by atoms with Gasteiger partial charge in [0, 0.05) is 30.8 Å². The first-order chi connectivity index (χ1) is 16.1. The Bertz CT molecular complexity index is 1240. The molecule has 0 aliphatic carbocycles. The fraction of sp³-hybridized carbons (Fsp3) is 0.423. The molecule has 34 heavy (non-hydrogen) atoms. The number of ether oxygens (including phenoxy) is 2. The van der Waals surface area contributed by atoms with Crippen molar-refractivity contribution in [3.63, 3.8) is 0 Å². The van der Waals surface area contributed by atoms with E-state index < -0.39 is 17.4 Å². The summed E-state index contributed by atoms with van der Waals surface area (Å²) < 4.78 is 26.8. The van der Waals surface area contributed by atoms with Crippen LogP contribution in [-0.2, 0) is 9.47 Å². The van der Waals surface area contributed by atoms with Crippen molar-refractivity contribution >= 4 is 17.6 Å². The lowest BCUT2D eigenvalue weighted by atomic mass is 9.93. The molecule has 180 valence electrons. The normalized spacial score (nSPS) is 16.2. The predicted octanol–water partition coefficient (Wildman–Crippen LogP) is 5.35. The number of carbonyl (C=O) groups is 2. The summed E-state index contributed by atoms with van der Waals surface area (Å²) in [6, 6.07) is 6.16. The third kappa shape index (κ3) is 4.76. The number of nitrogens with zero attached hydrogens (tertiary/aromatic N) is 3. The number of benzene rings is 1. The smallest absolute Gasteiger partial charge is 0.410 e. The van der Waals surface area contributed by atoms with Gasteiger partial charge >= 0.3 is 12.1 Å². The molecule has 1 saturated heterocycles. The van der Waals surface area contributed by atoms with Crippen molar-refractivity contribution in [2.24, 2.45) is 0 Å². The van der Waals surface area contributed by atoms with Crippen molar-refractivity contribution in [3.8, 4) is 11.1 Å². The van der Waals surface area contributed by atoms with Gasteiger partial charge in [-0.25, -0.2) is 19.0 Å². The van der Waals surface area contributed by atoms with E-state index >= 15 is 0 Å². The summed E-state index contributed by atoms with van der Waals surface area (Å²) in [5.41, 5.74) is 2.77. The highest BCUT2D eigenvalue weighted by Gasteiger charge is 2.31. The molecule has 1 amide bonds. The van der Waals surface area contributed by atoms with Gasteiger partial charge in [0.2, 0.25) is 0 Å². The second kappa shape index (κ2) is 9.08. The van der Waals surface area contributed by atoms with E-state index in [2.05, 4.69) is 4.98 Å². The summed E-state index contributed by atoms with van der Waals surface area (Å²) >= 11 is 0. The molecular weight excluding hydrogens is 437 g/mol. The third-order valence-corrected chi connectivity index (χ3v) is 5.93. The van der Waals surface area contributed by atoms with Crippen LogP contribution in [0.5, 0.6) is 0 Å². The maximum absolute atomic E-state index is 14.1. The molecule has 0 spiro atoms. The molecular formula is C26H30FN3O4. The number of imidazole rings is 1. The molecule has 8 heteroatoms. The Kier molecular flexibility index (Phi) is 6.34. The van der Waals surface area contributed by atoms with Gasteiger partial charge in [-0.2, -0.15) is 0 Å². The van der Waals surface area contributed by atoms with E-state index in [0.29, 0.717) is 18.7 Å². The van der Waals surface area contributed by atoms with Crippen LogP contribution in [0.25, 0.3) is 16.6 Å². The van der Waals surface area contributed by atoms with Gasteiger partial charge in [0.25, 0.3) is 0 Å². The average Bonchev–Trinajstić information content (AvgIpc) is 3.40. The Morgan fingerprint density at radius 2 is 1.97 bits per heavy atom. The molecule has 0 unspecified atom stereocenters. The highest BCUT2D eigenvalue weighted by molar-refractivity contribution is 6.00. The van der Waals surface area contributed by atoms with Crippen LogP contribution in [0, 0.1) is 12.7 Å². The number of fused-ring (bicyclic) bond motifs is 1. The predicted molar refractivity (Wildman–Crippen MR) is 126 cm³/mol. The Balaban J connectivity index is 1.76. The van der Waals surface area contributed by atoms with E-state index in [1.807, 2.05) is 44.4 Å². The topological polar surface area (TPSA) is 73.1 Å². The second-order valence-corrected chi connectivity index (χ2v) is 9.57. The Morgan fingerprint density at radius 3 is 2.68 bits per heavy atom. The second-order valence-electron chi connectivity index (χ2n) is 9.57. The van der Waals surface area contributed by atoms with Gasteiger partial charge in [0.15, 0.2) is 0 Å². The van der Waals surface area contributed by atoms with Crippen molar-refractivity contribution in [1.82, 2.24) is 14.3 Å². The zero-order chi connectivity index (χ0) is 24.6. The fourth-order valence-electron chi connectivity index (χ4n) is 4.34. The summed E-state index contributed by atoms with van der Waals surface area (Å²) in [6.07, 6.45) is 4.23. The van der Waals surface area contributed by atoms with Crippen LogP contribution in [-0.4, -0.2) is 51.6 Å². The van der Waals surface area contributed by atoms with Gasteiger partial charge in [-0.15, -0.1) is 0 Å². The first-order valence-corrected chi connectivity index (χ1v) is 11.5. The number of hydrogen-bond acceptors (Lipinski definition) is 5. The molecule has 1 aliphatic rings. The van der Waals surface area contributed by atoms with Crippen molar-refractivity contribution in [1.29, 1.82) is 0 Å². The van der Waals surface area contributed by atoms with Crippen LogP contribution in [0.2, 0.25) is 0 Å². The minimum absolute atomic E-state index is 0.0870. The molecule has 2 aromatic heterocycles. The van der Waals surface area contributed by atoms with Crippen LogP contribution >= 0.6 is 0 Å². The zero-order valence-electron chi connectivity index (χ0n) is 20.2. The molecule has 1 aliphatic heterocycles. The lowest BCUT2D eigenvalue weighted by molar-refractivity contribution is 0.0292. The number of carbonyl (C=O) groups excluding carboxylic acids is 2. The van der Waals surface area contributed by atoms with Crippen molar-refractivity contribution in [2.45, 2.75) is 52.6 Å². The maximum Gasteiger partial charge on any atom is 0.410 e. The Labute approximate surface area is 198 Å². The molecule has 0 radical (unpaired) electrons. The number of likely N-dealkylation sites (tertiary alicyclic amines) is 1. The molecule has 0 bridgehead atoms. The maximum atomic E-state index is 14.1. The van der Waals surface area contributed by atoms with Gasteiger partial charge in [0.05, 0.1) is 23.9 Å². The number of amides is 1. The van der Waals surface area contributed by atoms with Crippen LogP contribution < -0.4 is 0 Å². The van der Waals surface area contributed by atoms with Gasteiger partial charge in [-0.05, 0) is 70.4 Å². The lowest BCUT2D eigenvalue weighted by Crippen LogP contribution is -2.35. The van der Waals surface area contributed by atoms with Crippen LogP contribution in [0.3, 0.4) is 0 Å². The van der Waals surface area contributed by atoms with Gasteiger partial charge in [-0.3, -0.25) is 0 Å². The molecule has 1 fully saturated rings. The highest BCUT2D eigenvalue weighted by atomic mass is 19.1. The van der Waals surface area contributed by atoms with Crippen LogP contribution in [0.1, 0.15) is 61.8 Å². The quantitative estimate of drug-likeness (QED) is 0.484. The van der Waals surface area contributed by atoms with Crippen molar-refractivity contribution in [3.05, 3.63) is 59.4 Å². The van der Waals surface area contributed by atoms with Gasteiger partial charge in [-0.1, -0.05) is 6.07 Å². The molecule has 1 atom stereocenters. The van der Waals surface area contributed by atoms with E-state index in [4.69, 9.17) is 9.47 Å². The SMILES string of the molecule is CCOC(=O)c1cc(F)ccc1-c1cc([C@H]2CCN(C(=O)OC(C)(C)C)C2)cn2c(C)ncc12. The number of pyridine rings is 1. The van der Waals surface area contributed by atoms with E-state index in [1.165, 1.54) is 12.1 Å². The molecule has 1 aromatic carbocycles. The fourth-order valence-corrected chi connectivity index (χ4v) is 4.34. The Morgan fingerprint density at radius 1 is 1.21 bits per heavy atom. The van der Waals surface area contributed by atoms with Crippen molar-refractivity contribution in [2.75, 3.05) is 19.7 Å². The number of halogens is 1. The molecule has 0 N–H and O–H groups in total. The number of aryl methyl sites for hydroxylation is 1. The molecule has 4 rings (SSSR count). The standard InChI is InChI=1S/C26H30FN3O4/c1-6-33-24(31)22-12-19(27)7-8-20(22)21-11-18(15-30-16(2)28-13-23(21)30)17-9-10-29(14-17)25(32)34-26(3,4)5/h7-8,11-13,15,17H,6,9-10,14H2,1-5H3/t17-/m0/s1. The van der Waals surface area contributed by atoms with Crippen LogP contribution in [0.15, 0.2) is 36.7 Å².